The van der Waals surface area contributed by atoms with Gasteiger partial charge in [-0.2, -0.15) is 11.8 Å². The molecule has 0 atom stereocenters. The molecule has 0 unspecified atom stereocenters. The summed E-state index contributed by atoms with van der Waals surface area (Å²) in [5.41, 5.74) is 0.877. The van der Waals surface area contributed by atoms with Crippen molar-refractivity contribution in [1.82, 2.24) is 9.88 Å². The van der Waals surface area contributed by atoms with E-state index < -0.39 is 5.97 Å². The molecule has 0 saturated carbocycles. The summed E-state index contributed by atoms with van der Waals surface area (Å²) >= 11 is 3.22. The molecule has 2 rings (SSSR count). The number of thiazole rings is 1. The zero-order valence-electron chi connectivity index (χ0n) is 10.7. The van der Waals surface area contributed by atoms with E-state index in [1.54, 1.807) is 0 Å². The molecule has 6 heteroatoms. The van der Waals surface area contributed by atoms with E-state index in [0.717, 1.165) is 37.5 Å². The van der Waals surface area contributed by atoms with E-state index in [4.69, 9.17) is 5.11 Å². The predicted molar refractivity (Wildman–Crippen MR) is 75.5 cm³/mol. The van der Waals surface area contributed by atoms with Gasteiger partial charge in [-0.3, -0.25) is 4.90 Å². The van der Waals surface area contributed by atoms with Gasteiger partial charge in [0, 0.05) is 29.0 Å². The van der Waals surface area contributed by atoms with Gasteiger partial charge in [-0.05, 0) is 13.0 Å². The largest absolute Gasteiger partial charge is 0.476 e. The maximum absolute atomic E-state index is 10.8. The number of carbonyl (C=O) groups is 1. The van der Waals surface area contributed by atoms with Crippen LogP contribution in [0.2, 0.25) is 0 Å². The number of carboxylic acid groups (broad SMARTS) is 1. The molecule has 18 heavy (non-hydrogen) atoms. The molecular weight excluding hydrogens is 268 g/mol. The van der Waals surface area contributed by atoms with Crippen LogP contribution in [-0.4, -0.2) is 44.5 Å². The van der Waals surface area contributed by atoms with Crippen LogP contribution in [0.25, 0.3) is 0 Å². The zero-order chi connectivity index (χ0) is 13.2. The average molecular weight is 286 g/mol. The third kappa shape index (κ3) is 3.70. The highest BCUT2D eigenvalue weighted by atomic mass is 32.2. The molecule has 1 N–H and O–H groups in total. The maximum atomic E-state index is 10.8. The molecule has 1 aliphatic rings. The summed E-state index contributed by atoms with van der Waals surface area (Å²) in [6, 6.07) is 0. The molecule has 0 aliphatic carbocycles. The van der Waals surface area contributed by atoms with Crippen molar-refractivity contribution in [3.63, 3.8) is 0 Å². The van der Waals surface area contributed by atoms with Crippen LogP contribution < -0.4 is 0 Å². The van der Waals surface area contributed by atoms with Gasteiger partial charge in [0.05, 0.1) is 5.69 Å². The van der Waals surface area contributed by atoms with Gasteiger partial charge >= 0.3 is 5.97 Å². The van der Waals surface area contributed by atoms with E-state index in [1.807, 2.05) is 17.1 Å². The number of aromatic nitrogens is 1. The van der Waals surface area contributed by atoms with Crippen molar-refractivity contribution in [2.75, 3.05) is 18.8 Å². The first-order valence-electron chi connectivity index (χ1n) is 6.00. The monoisotopic (exact) mass is 286 g/mol. The summed E-state index contributed by atoms with van der Waals surface area (Å²) < 4.78 is 0.350. The second-order valence-electron chi connectivity index (χ2n) is 5.08. The third-order valence-corrected chi connectivity index (χ3v) is 5.30. The molecule has 0 amide bonds. The summed E-state index contributed by atoms with van der Waals surface area (Å²) in [6.07, 6.45) is 1.16. The van der Waals surface area contributed by atoms with E-state index in [2.05, 4.69) is 23.7 Å². The first-order chi connectivity index (χ1) is 8.46. The topological polar surface area (TPSA) is 53.4 Å². The van der Waals surface area contributed by atoms with Crippen LogP contribution in [0.1, 0.15) is 35.8 Å². The minimum atomic E-state index is -0.932. The summed E-state index contributed by atoms with van der Waals surface area (Å²) in [7, 11) is 0. The van der Waals surface area contributed by atoms with Crippen LogP contribution in [0.15, 0.2) is 5.38 Å². The lowest BCUT2D eigenvalue weighted by Crippen LogP contribution is -2.27. The van der Waals surface area contributed by atoms with Gasteiger partial charge in [0.1, 0.15) is 0 Å². The van der Waals surface area contributed by atoms with E-state index >= 15 is 0 Å². The summed E-state index contributed by atoms with van der Waals surface area (Å²) in [5.74, 6) is 0.196. The van der Waals surface area contributed by atoms with Gasteiger partial charge in [0.25, 0.3) is 0 Å². The highest BCUT2D eigenvalue weighted by Crippen LogP contribution is 2.31. The number of thioether (sulfide) groups is 1. The van der Waals surface area contributed by atoms with Crippen molar-refractivity contribution >= 4 is 29.1 Å². The Kier molecular flexibility index (Phi) is 4.29. The standard InChI is InChI=1S/C12H18N2O2S2/c1-12(2)3-4-14(5-6-18-12)7-9-8-17-10(13-9)11(15)16/h8H,3-7H2,1-2H3,(H,15,16). The van der Waals surface area contributed by atoms with Crippen molar-refractivity contribution in [2.45, 2.75) is 31.6 Å². The van der Waals surface area contributed by atoms with E-state index in [-0.39, 0.29) is 5.01 Å². The fourth-order valence-corrected chi connectivity index (χ4v) is 3.71. The molecule has 0 radical (unpaired) electrons. The molecule has 4 nitrogen and oxygen atoms in total. The number of carboxylic acids is 1. The number of nitrogens with zero attached hydrogens (tertiary/aromatic N) is 2. The lowest BCUT2D eigenvalue weighted by atomic mass is 10.1. The van der Waals surface area contributed by atoms with Crippen LogP contribution in [0.3, 0.4) is 0 Å². The molecule has 0 aromatic carbocycles. The van der Waals surface area contributed by atoms with Gasteiger partial charge < -0.3 is 5.11 Å². The molecule has 0 spiro atoms. The maximum Gasteiger partial charge on any atom is 0.365 e. The van der Waals surface area contributed by atoms with E-state index in [1.165, 1.54) is 11.3 Å². The number of hydrogen-bond acceptors (Lipinski definition) is 5. The minimum absolute atomic E-state index is 0.189. The van der Waals surface area contributed by atoms with E-state index in [9.17, 15) is 4.79 Å². The van der Waals surface area contributed by atoms with Gasteiger partial charge in [0.2, 0.25) is 5.01 Å². The predicted octanol–water partition coefficient (Wildman–Crippen LogP) is 2.56. The molecule has 1 aromatic heterocycles. The average Bonchev–Trinajstić information content (AvgIpc) is 2.67. The Hall–Kier alpha value is -0.590. The van der Waals surface area contributed by atoms with Crippen LogP contribution in [0.5, 0.6) is 0 Å². The second-order valence-corrected chi connectivity index (χ2v) is 7.74. The molecule has 1 fully saturated rings. The number of rotatable bonds is 3. The molecule has 100 valence electrons. The van der Waals surface area contributed by atoms with Gasteiger partial charge in [-0.15, -0.1) is 11.3 Å². The van der Waals surface area contributed by atoms with Crippen LogP contribution in [0, 0.1) is 0 Å². The Balaban J connectivity index is 1.94. The number of aromatic carboxylic acids is 1. The summed E-state index contributed by atoms with van der Waals surface area (Å²) in [4.78, 5) is 17.3. The van der Waals surface area contributed by atoms with Crippen molar-refractivity contribution in [3.8, 4) is 0 Å². The lowest BCUT2D eigenvalue weighted by molar-refractivity contribution is 0.0696. The summed E-state index contributed by atoms with van der Waals surface area (Å²) in [6.45, 7) is 7.44. The lowest BCUT2D eigenvalue weighted by Gasteiger charge is -2.22. The fourth-order valence-electron chi connectivity index (χ4n) is 1.93. The van der Waals surface area contributed by atoms with Crippen LogP contribution >= 0.6 is 23.1 Å². The Morgan fingerprint density at radius 2 is 2.33 bits per heavy atom. The van der Waals surface area contributed by atoms with Crippen LogP contribution in [-0.2, 0) is 6.54 Å². The van der Waals surface area contributed by atoms with Crippen molar-refractivity contribution in [3.05, 3.63) is 16.1 Å². The smallest absolute Gasteiger partial charge is 0.365 e. The Morgan fingerprint density at radius 3 is 3.00 bits per heavy atom. The van der Waals surface area contributed by atoms with Gasteiger partial charge in [-0.25, -0.2) is 9.78 Å². The fraction of sp³-hybridized carbons (Fsp3) is 0.667. The van der Waals surface area contributed by atoms with Crippen LogP contribution in [0.4, 0.5) is 0 Å². The molecule has 1 aromatic rings. The van der Waals surface area contributed by atoms with Crippen molar-refractivity contribution < 1.29 is 9.90 Å². The Morgan fingerprint density at radius 1 is 1.56 bits per heavy atom. The van der Waals surface area contributed by atoms with Gasteiger partial charge in [-0.1, -0.05) is 13.8 Å². The second kappa shape index (κ2) is 5.59. The third-order valence-electron chi connectivity index (χ3n) is 3.05. The minimum Gasteiger partial charge on any atom is -0.476 e. The molecule has 1 aliphatic heterocycles. The van der Waals surface area contributed by atoms with E-state index in [0.29, 0.717) is 4.75 Å². The zero-order valence-corrected chi connectivity index (χ0v) is 12.3. The highest BCUT2D eigenvalue weighted by molar-refractivity contribution is 8.00. The quantitative estimate of drug-likeness (QED) is 0.925. The summed E-state index contributed by atoms with van der Waals surface area (Å²) in [5, 5.41) is 10.9. The number of hydrogen-bond donors (Lipinski definition) is 1. The highest BCUT2D eigenvalue weighted by Gasteiger charge is 2.24. The first kappa shape index (κ1) is 13.8. The van der Waals surface area contributed by atoms with Crippen molar-refractivity contribution in [2.24, 2.45) is 0 Å². The molecule has 0 bridgehead atoms. The molecule has 2 heterocycles. The Bertz CT molecular complexity index is 431. The first-order valence-corrected chi connectivity index (χ1v) is 7.87. The SMILES string of the molecule is CC1(C)CCN(Cc2csc(C(=O)O)n2)CCS1. The Labute approximate surface area is 115 Å². The molecule has 1 saturated heterocycles. The normalized spacial score (nSPS) is 20.6. The molecular formula is C12H18N2O2S2. The van der Waals surface area contributed by atoms with Gasteiger partial charge in [0.15, 0.2) is 0 Å². The van der Waals surface area contributed by atoms with Crippen molar-refractivity contribution in [1.29, 1.82) is 0 Å².